The molecule has 0 spiro atoms. The van der Waals surface area contributed by atoms with Crippen molar-refractivity contribution in [3.63, 3.8) is 0 Å². The third-order valence-corrected chi connectivity index (χ3v) is 5.84. The molecule has 114 valence electrons. The molecule has 0 heterocycles. The fourth-order valence-corrected chi connectivity index (χ4v) is 4.54. The van der Waals surface area contributed by atoms with Crippen molar-refractivity contribution in [2.75, 3.05) is 0 Å². The maximum Gasteiger partial charge on any atom is 0.137 e. The number of carbonyl (C=O) groups excluding carboxylic acids is 1. The van der Waals surface area contributed by atoms with Gasteiger partial charge in [0.25, 0.3) is 0 Å². The van der Waals surface area contributed by atoms with Crippen molar-refractivity contribution in [3.8, 4) is 0 Å². The molecule has 1 aromatic carbocycles. The molecule has 2 aliphatic rings. The summed E-state index contributed by atoms with van der Waals surface area (Å²) < 4.78 is 0. The van der Waals surface area contributed by atoms with Crippen LogP contribution in [-0.2, 0) is 11.2 Å². The van der Waals surface area contributed by atoms with E-state index >= 15 is 0 Å². The molecule has 0 bridgehead atoms. The minimum atomic E-state index is 0.212. The third kappa shape index (κ3) is 3.07. The van der Waals surface area contributed by atoms with E-state index in [0.29, 0.717) is 17.6 Å². The molecule has 0 aromatic heterocycles. The van der Waals surface area contributed by atoms with Crippen molar-refractivity contribution in [1.29, 1.82) is 0 Å². The molecule has 2 aliphatic carbocycles. The number of Topliss-reactive ketones (excluding diaryl/α,β-unsaturated/α-hetero) is 1. The molecular formula is C20H28O. The predicted octanol–water partition coefficient (Wildman–Crippen LogP) is 5.28. The van der Waals surface area contributed by atoms with E-state index in [0.717, 1.165) is 12.8 Å². The van der Waals surface area contributed by atoms with E-state index in [1.54, 1.807) is 0 Å². The van der Waals surface area contributed by atoms with Gasteiger partial charge in [0.2, 0.25) is 0 Å². The number of ketones is 1. The van der Waals surface area contributed by atoms with Gasteiger partial charge in [0.1, 0.15) is 5.78 Å². The van der Waals surface area contributed by atoms with Crippen molar-refractivity contribution in [2.24, 2.45) is 11.3 Å². The quantitative estimate of drug-likeness (QED) is 0.737. The van der Waals surface area contributed by atoms with Gasteiger partial charge in [0.05, 0.1) is 0 Å². The number of carbonyl (C=O) groups is 1. The summed E-state index contributed by atoms with van der Waals surface area (Å²) in [6.07, 6.45) is 9.24. The summed E-state index contributed by atoms with van der Waals surface area (Å²) in [5, 5.41) is 0. The fraction of sp³-hybridized carbons (Fsp3) is 0.650. The summed E-state index contributed by atoms with van der Waals surface area (Å²) in [6.45, 7) is 4.59. The third-order valence-electron chi connectivity index (χ3n) is 5.84. The zero-order chi connectivity index (χ0) is 14.9. The zero-order valence-corrected chi connectivity index (χ0v) is 13.5. The molecule has 0 N–H and O–H groups in total. The average Bonchev–Trinajstić information content (AvgIpc) is 2.47. The molecular weight excluding hydrogens is 256 g/mol. The molecule has 1 aromatic rings. The number of fused-ring (bicyclic) bond motifs is 1. The van der Waals surface area contributed by atoms with E-state index in [2.05, 4.69) is 38.1 Å². The van der Waals surface area contributed by atoms with Crippen LogP contribution in [-0.4, -0.2) is 5.78 Å². The van der Waals surface area contributed by atoms with Crippen LogP contribution < -0.4 is 0 Å². The van der Waals surface area contributed by atoms with Crippen molar-refractivity contribution < 1.29 is 4.79 Å². The van der Waals surface area contributed by atoms with Gasteiger partial charge in [-0.25, -0.2) is 0 Å². The van der Waals surface area contributed by atoms with E-state index in [1.165, 1.54) is 49.7 Å². The van der Waals surface area contributed by atoms with Gasteiger partial charge < -0.3 is 0 Å². The number of hydrogen-bond donors (Lipinski definition) is 0. The smallest absolute Gasteiger partial charge is 0.137 e. The van der Waals surface area contributed by atoms with Gasteiger partial charge in [-0.15, -0.1) is 0 Å². The highest BCUT2D eigenvalue weighted by atomic mass is 16.1. The Balaban J connectivity index is 1.74. The first kappa shape index (κ1) is 14.8. The van der Waals surface area contributed by atoms with Crippen LogP contribution in [0.25, 0.3) is 0 Å². The largest absolute Gasteiger partial charge is 0.299 e. The summed E-state index contributed by atoms with van der Waals surface area (Å²) in [4.78, 5) is 12.9. The Morgan fingerprint density at radius 3 is 2.76 bits per heavy atom. The van der Waals surface area contributed by atoms with Crippen LogP contribution in [0.3, 0.4) is 0 Å². The first-order chi connectivity index (χ1) is 10.1. The molecule has 0 radical (unpaired) electrons. The first-order valence-corrected chi connectivity index (χ1v) is 8.68. The van der Waals surface area contributed by atoms with Gasteiger partial charge in [-0.05, 0) is 54.6 Å². The maximum absolute atomic E-state index is 12.9. The molecule has 1 fully saturated rings. The topological polar surface area (TPSA) is 17.1 Å². The number of hydrogen-bond acceptors (Lipinski definition) is 1. The lowest BCUT2D eigenvalue weighted by Crippen LogP contribution is -2.34. The number of aryl methyl sites for hydroxylation is 1. The van der Waals surface area contributed by atoms with Gasteiger partial charge in [-0.3, -0.25) is 4.79 Å². The van der Waals surface area contributed by atoms with Crippen LogP contribution in [0.5, 0.6) is 0 Å². The molecule has 3 rings (SSSR count). The molecule has 2 unspecified atom stereocenters. The minimum absolute atomic E-state index is 0.212. The molecule has 1 saturated carbocycles. The summed E-state index contributed by atoms with van der Waals surface area (Å²) >= 11 is 0. The summed E-state index contributed by atoms with van der Waals surface area (Å²) in [5.74, 6) is 1.29. The second kappa shape index (κ2) is 5.94. The number of benzene rings is 1. The van der Waals surface area contributed by atoms with Gasteiger partial charge in [-0.1, -0.05) is 51.0 Å². The molecule has 1 nitrogen and oxygen atoms in total. The molecule has 0 saturated heterocycles. The Morgan fingerprint density at radius 2 is 1.95 bits per heavy atom. The van der Waals surface area contributed by atoms with Crippen LogP contribution in [0.15, 0.2) is 24.3 Å². The first-order valence-electron chi connectivity index (χ1n) is 8.68. The lowest BCUT2D eigenvalue weighted by atomic mass is 9.65. The second-order valence-electron chi connectivity index (χ2n) is 7.75. The maximum atomic E-state index is 12.9. The van der Waals surface area contributed by atoms with Crippen molar-refractivity contribution in [1.82, 2.24) is 0 Å². The minimum Gasteiger partial charge on any atom is -0.299 e. The van der Waals surface area contributed by atoms with Gasteiger partial charge in [-0.2, -0.15) is 0 Å². The fourth-order valence-electron chi connectivity index (χ4n) is 4.54. The zero-order valence-electron chi connectivity index (χ0n) is 13.5. The van der Waals surface area contributed by atoms with Crippen molar-refractivity contribution >= 4 is 5.78 Å². The van der Waals surface area contributed by atoms with E-state index in [9.17, 15) is 4.79 Å². The Labute approximate surface area is 129 Å². The highest BCUT2D eigenvalue weighted by molar-refractivity contribution is 5.82. The van der Waals surface area contributed by atoms with Crippen LogP contribution in [0.4, 0.5) is 0 Å². The van der Waals surface area contributed by atoms with Crippen LogP contribution in [0.2, 0.25) is 0 Å². The van der Waals surface area contributed by atoms with Crippen LogP contribution in [0, 0.1) is 11.3 Å². The molecule has 0 amide bonds. The Hall–Kier alpha value is -1.11. The molecule has 2 atom stereocenters. The molecule has 21 heavy (non-hydrogen) atoms. The lowest BCUT2D eigenvalue weighted by molar-refractivity contribution is -0.128. The Morgan fingerprint density at radius 1 is 1.14 bits per heavy atom. The highest BCUT2D eigenvalue weighted by Gasteiger charge is 2.37. The standard InChI is InChI=1S/C20H28O/c1-20(2)13-6-5-12-18(20)19(21)14-16-10-7-9-15-8-3-4-11-17(15)16/h3-4,8,11,16,18H,5-7,9-10,12-14H2,1-2H3. The van der Waals surface area contributed by atoms with E-state index < -0.39 is 0 Å². The van der Waals surface area contributed by atoms with Gasteiger partial charge >= 0.3 is 0 Å². The SMILES string of the molecule is CC1(C)CCCCC1C(=O)CC1CCCc2ccccc21. The monoisotopic (exact) mass is 284 g/mol. The van der Waals surface area contributed by atoms with Gasteiger partial charge in [0.15, 0.2) is 0 Å². The lowest BCUT2D eigenvalue weighted by Gasteiger charge is -2.38. The van der Waals surface area contributed by atoms with Crippen molar-refractivity contribution in [2.45, 2.75) is 71.1 Å². The Bertz CT molecular complexity index is 514. The normalized spacial score (nSPS) is 27.9. The van der Waals surface area contributed by atoms with E-state index in [4.69, 9.17) is 0 Å². The van der Waals surface area contributed by atoms with Crippen LogP contribution >= 0.6 is 0 Å². The molecule has 1 heteroatoms. The Kier molecular flexibility index (Phi) is 4.19. The van der Waals surface area contributed by atoms with Crippen molar-refractivity contribution in [3.05, 3.63) is 35.4 Å². The predicted molar refractivity (Wildman–Crippen MR) is 87.5 cm³/mol. The summed E-state index contributed by atoms with van der Waals surface area (Å²) in [6, 6.07) is 8.76. The van der Waals surface area contributed by atoms with E-state index in [-0.39, 0.29) is 5.41 Å². The van der Waals surface area contributed by atoms with E-state index in [1.807, 2.05) is 0 Å². The number of rotatable bonds is 3. The average molecular weight is 284 g/mol. The summed E-state index contributed by atoms with van der Waals surface area (Å²) in [5.41, 5.74) is 3.14. The summed E-state index contributed by atoms with van der Waals surface area (Å²) in [7, 11) is 0. The highest BCUT2D eigenvalue weighted by Crippen LogP contribution is 2.43. The van der Waals surface area contributed by atoms with Crippen LogP contribution in [0.1, 0.15) is 75.8 Å². The second-order valence-corrected chi connectivity index (χ2v) is 7.75. The molecule has 0 aliphatic heterocycles. The van der Waals surface area contributed by atoms with Gasteiger partial charge in [0, 0.05) is 12.3 Å².